The fraction of sp³-hybridized carbons (Fsp3) is 0.458. The van der Waals surface area contributed by atoms with Crippen LogP contribution in [0.15, 0.2) is 48.5 Å². The zero-order valence-corrected chi connectivity index (χ0v) is 17.9. The number of nitrogens with zero attached hydrogens (tertiary/aromatic N) is 1. The highest BCUT2D eigenvalue weighted by Gasteiger charge is 2.24. The molecule has 0 aromatic heterocycles. The zero-order chi connectivity index (χ0) is 20.8. The van der Waals surface area contributed by atoms with Gasteiger partial charge in [-0.05, 0) is 69.7 Å². The molecule has 1 saturated heterocycles. The summed E-state index contributed by atoms with van der Waals surface area (Å²) in [6.07, 6.45) is 1.33. The van der Waals surface area contributed by atoms with Gasteiger partial charge in [0, 0.05) is 25.2 Å². The van der Waals surface area contributed by atoms with Gasteiger partial charge in [-0.25, -0.2) is 0 Å². The molecule has 5 heteroatoms. The molecule has 0 saturated carbocycles. The first kappa shape index (κ1) is 21.0. The van der Waals surface area contributed by atoms with Crippen molar-refractivity contribution in [3.63, 3.8) is 0 Å². The number of carbonyl (C=O) groups is 1. The smallest absolute Gasteiger partial charge is 0.227 e. The van der Waals surface area contributed by atoms with Gasteiger partial charge in [0.15, 0.2) is 0 Å². The molecule has 1 aliphatic heterocycles. The molecule has 1 unspecified atom stereocenters. The first-order valence-electron chi connectivity index (χ1n) is 10.5. The van der Waals surface area contributed by atoms with E-state index in [1.165, 1.54) is 5.69 Å². The number of amides is 1. The molecule has 0 bridgehead atoms. The maximum Gasteiger partial charge on any atom is 0.227 e. The minimum absolute atomic E-state index is 0.0532. The molecule has 1 N–H and O–H groups in total. The van der Waals surface area contributed by atoms with Crippen molar-refractivity contribution in [2.75, 3.05) is 24.5 Å². The van der Waals surface area contributed by atoms with E-state index < -0.39 is 0 Å². The number of benzene rings is 2. The molecule has 0 spiro atoms. The summed E-state index contributed by atoms with van der Waals surface area (Å²) in [4.78, 5) is 14.3. The van der Waals surface area contributed by atoms with Gasteiger partial charge in [0.25, 0.3) is 0 Å². The fourth-order valence-corrected chi connectivity index (χ4v) is 3.57. The lowest BCUT2D eigenvalue weighted by Gasteiger charge is -2.20. The van der Waals surface area contributed by atoms with Crippen LogP contribution in [0.2, 0.25) is 0 Å². The Balaban J connectivity index is 1.54. The monoisotopic (exact) mass is 396 g/mol. The highest BCUT2D eigenvalue weighted by atomic mass is 16.5. The van der Waals surface area contributed by atoms with Gasteiger partial charge < -0.3 is 19.7 Å². The molecule has 0 radical (unpaired) electrons. The van der Waals surface area contributed by atoms with Crippen LogP contribution >= 0.6 is 0 Å². The van der Waals surface area contributed by atoms with Crippen LogP contribution in [0, 0.1) is 0 Å². The third-order valence-electron chi connectivity index (χ3n) is 5.15. The van der Waals surface area contributed by atoms with Crippen molar-refractivity contribution in [2.45, 2.75) is 52.2 Å². The average molecular weight is 397 g/mol. The standard InChI is InChI=1S/C24H32N2O3/c1-5-25-24(27)18(4)19-6-10-22(11-7-19)29-23-14-15-26(16-23)20-8-12-21(13-9-20)28-17(2)3/h6-13,17-18,23H,5,14-16H2,1-4H3,(H,25,27)/t18?,23-/m1/s1. The normalized spacial score (nSPS) is 17.3. The van der Waals surface area contributed by atoms with E-state index in [1.54, 1.807) is 0 Å². The van der Waals surface area contributed by atoms with Crippen LogP contribution in [0.3, 0.4) is 0 Å². The summed E-state index contributed by atoms with van der Waals surface area (Å²) in [6, 6.07) is 16.2. The van der Waals surface area contributed by atoms with E-state index in [9.17, 15) is 4.79 Å². The summed E-state index contributed by atoms with van der Waals surface area (Å²) in [5.74, 6) is 1.65. The summed E-state index contributed by atoms with van der Waals surface area (Å²) in [6.45, 7) is 10.4. The Morgan fingerprint density at radius 2 is 1.72 bits per heavy atom. The van der Waals surface area contributed by atoms with E-state index in [1.807, 2.05) is 64.1 Å². The van der Waals surface area contributed by atoms with Gasteiger partial charge in [0.2, 0.25) is 5.91 Å². The second-order valence-corrected chi connectivity index (χ2v) is 7.82. The molecule has 1 heterocycles. The molecule has 3 rings (SSSR count). The van der Waals surface area contributed by atoms with Gasteiger partial charge in [-0.1, -0.05) is 12.1 Å². The third kappa shape index (κ3) is 5.66. The second-order valence-electron chi connectivity index (χ2n) is 7.82. The topological polar surface area (TPSA) is 50.8 Å². The Labute approximate surface area is 174 Å². The van der Waals surface area contributed by atoms with Crippen LogP contribution in [0.1, 0.15) is 45.6 Å². The maximum atomic E-state index is 12.0. The summed E-state index contributed by atoms with van der Waals surface area (Å²) >= 11 is 0. The molecule has 5 nitrogen and oxygen atoms in total. The van der Waals surface area contributed by atoms with Gasteiger partial charge in [-0.3, -0.25) is 4.79 Å². The van der Waals surface area contributed by atoms with Gasteiger partial charge >= 0.3 is 0 Å². The Morgan fingerprint density at radius 3 is 2.34 bits per heavy atom. The Hall–Kier alpha value is -2.69. The van der Waals surface area contributed by atoms with Gasteiger partial charge in [-0.2, -0.15) is 0 Å². The quantitative estimate of drug-likeness (QED) is 0.720. The van der Waals surface area contributed by atoms with Crippen molar-refractivity contribution < 1.29 is 14.3 Å². The Morgan fingerprint density at radius 1 is 1.07 bits per heavy atom. The largest absolute Gasteiger partial charge is 0.491 e. The molecule has 156 valence electrons. The van der Waals surface area contributed by atoms with Crippen molar-refractivity contribution in [1.29, 1.82) is 0 Å². The van der Waals surface area contributed by atoms with Gasteiger partial charge in [-0.15, -0.1) is 0 Å². The summed E-state index contributed by atoms with van der Waals surface area (Å²) in [5.41, 5.74) is 2.19. The van der Waals surface area contributed by atoms with E-state index in [0.717, 1.165) is 36.6 Å². The van der Waals surface area contributed by atoms with Gasteiger partial charge in [0.05, 0.1) is 18.6 Å². The number of anilines is 1. The van der Waals surface area contributed by atoms with Crippen molar-refractivity contribution in [3.05, 3.63) is 54.1 Å². The minimum atomic E-state index is -0.159. The number of likely N-dealkylation sites (N-methyl/N-ethyl adjacent to an activating group) is 1. The van der Waals surface area contributed by atoms with Crippen molar-refractivity contribution in [2.24, 2.45) is 0 Å². The van der Waals surface area contributed by atoms with Crippen molar-refractivity contribution in [3.8, 4) is 11.5 Å². The molecular formula is C24H32N2O3. The molecule has 2 aromatic rings. The Kier molecular flexibility index (Phi) is 7.02. The highest BCUT2D eigenvalue weighted by molar-refractivity contribution is 5.83. The number of ether oxygens (including phenoxy) is 2. The first-order chi connectivity index (χ1) is 14.0. The van der Waals surface area contributed by atoms with Crippen LogP contribution < -0.4 is 19.7 Å². The lowest BCUT2D eigenvalue weighted by Crippen LogP contribution is -2.27. The van der Waals surface area contributed by atoms with Crippen LogP contribution in [0.5, 0.6) is 11.5 Å². The van der Waals surface area contributed by atoms with Crippen molar-refractivity contribution >= 4 is 11.6 Å². The number of rotatable bonds is 8. The zero-order valence-electron chi connectivity index (χ0n) is 17.9. The number of hydrogen-bond donors (Lipinski definition) is 1. The average Bonchev–Trinajstić information content (AvgIpc) is 3.17. The lowest BCUT2D eigenvalue weighted by atomic mass is 10.0. The predicted molar refractivity (Wildman–Crippen MR) is 117 cm³/mol. The minimum Gasteiger partial charge on any atom is -0.491 e. The first-order valence-corrected chi connectivity index (χ1v) is 10.5. The third-order valence-corrected chi connectivity index (χ3v) is 5.15. The summed E-state index contributed by atoms with van der Waals surface area (Å²) in [7, 11) is 0. The second kappa shape index (κ2) is 9.68. The summed E-state index contributed by atoms with van der Waals surface area (Å²) in [5, 5.41) is 2.87. The number of nitrogens with one attached hydrogen (secondary N) is 1. The molecule has 2 aromatic carbocycles. The van der Waals surface area contributed by atoms with Gasteiger partial charge in [0.1, 0.15) is 17.6 Å². The summed E-state index contributed by atoms with van der Waals surface area (Å²) < 4.78 is 11.9. The number of hydrogen-bond acceptors (Lipinski definition) is 4. The SMILES string of the molecule is CCNC(=O)C(C)c1ccc(O[C@@H]2CCN(c3ccc(OC(C)C)cc3)C2)cc1. The molecule has 0 aliphatic carbocycles. The molecule has 1 fully saturated rings. The predicted octanol–water partition coefficient (Wildman–Crippen LogP) is 4.37. The molecule has 1 aliphatic rings. The van der Waals surface area contributed by atoms with Crippen LogP contribution in [0.25, 0.3) is 0 Å². The van der Waals surface area contributed by atoms with Crippen LogP contribution in [-0.4, -0.2) is 37.7 Å². The maximum absolute atomic E-state index is 12.0. The number of carbonyl (C=O) groups excluding carboxylic acids is 1. The van der Waals surface area contributed by atoms with E-state index in [4.69, 9.17) is 9.47 Å². The van der Waals surface area contributed by atoms with Crippen molar-refractivity contribution in [1.82, 2.24) is 5.32 Å². The molecular weight excluding hydrogens is 364 g/mol. The van der Waals surface area contributed by atoms with E-state index in [-0.39, 0.29) is 24.0 Å². The van der Waals surface area contributed by atoms with E-state index in [2.05, 4.69) is 22.3 Å². The molecule has 29 heavy (non-hydrogen) atoms. The van der Waals surface area contributed by atoms with Crippen LogP contribution in [0.4, 0.5) is 5.69 Å². The fourth-order valence-electron chi connectivity index (χ4n) is 3.57. The van der Waals surface area contributed by atoms with Crippen LogP contribution in [-0.2, 0) is 4.79 Å². The molecule has 1 amide bonds. The highest BCUT2D eigenvalue weighted by Crippen LogP contribution is 2.27. The lowest BCUT2D eigenvalue weighted by molar-refractivity contribution is -0.122. The Bertz CT molecular complexity index is 787. The van der Waals surface area contributed by atoms with E-state index in [0.29, 0.717) is 6.54 Å². The molecule has 2 atom stereocenters. The van der Waals surface area contributed by atoms with E-state index >= 15 is 0 Å².